The topological polar surface area (TPSA) is 46.6 Å². The molecule has 4 nitrogen and oxygen atoms in total. The maximum absolute atomic E-state index is 11.8. The van der Waals surface area contributed by atoms with E-state index >= 15 is 0 Å². The summed E-state index contributed by atoms with van der Waals surface area (Å²) < 4.78 is 5.86. The molecular weight excluding hydrogens is 310 g/mol. The van der Waals surface area contributed by atoms with Crippen LogP contribution in [0.4, 0.5) is 0 Å². The summed E-state index contributed by atoms with van der Waals surface area (Å²) >= 11 is 3.29. The Labute approximate surface area is 120 Å². The Balaban J connectivity index is 1.84. The van der Waals surface area contributed by atoms with Gasteiger partial charge in [0.2, 0.25) is 0 Å². The van der Waals surface area contributed by atoms with Crippen molar-refractivity contribution in [1.82, 2.24) is 4.90 Å². The highest BCUT2D eigenvalue weighted by Gasteiger charge is 2.18. The molecule has 0 atom stereocenters. The number of benzene rings is 1. The molecule has 19 heavy (non-hydrogen) atoms. The third-order valence-corrected chi connectivity index (χ3v) is 3.59. The number of piperidine rings is 1. The Hall–Kier alpha value is -1.36. The van der Waals surface area contributed by atoms with Crippen molar-refractivity contribution in [1.29, 1.82) is 0 Å². The molecule has 0 saturated carbocycles. The average Bonchev–Trinajstić information content (AvgIpc) is 2.45. The highest BCUT2D eigenvalue weighted by atomic mass is 79.9. The molecule has 1 aliphatic heterocycles. The minimum atomic E-state index is -0.466. The van der Waals surface area contributed by atoms with Crippen LogP contribution in [-0.4, -0.2) is 36.5 Å². The first-order chi connectivity index (χ1) is 9.16. The maximum atomic E-state index is 11.8. The van der Waals surface area contributed by atoms with Gasteiger partial charge in [0.15, 0.2) is 6.61 Å². The summed E-state index contributed by atoms with van der Waals surface area (Å²) in [7, 11) is 0. The maximum Gasteiger partial charge on any atom is 0.338 e. The predicted octanol–water partition coefficient (Wildman–Crippen LogP) is 2.62. The molecule has 0 bridgehead atoms. The molecule has 1 heterocycles. The standard InChI is InChI=1S/C14H16BrNO3/c15-12-6-4-5-11(9-12)14(18)19-10-13(17)16-7-2-1-3-8-16/h4-6,9H,1-3,7-8,10H2. The van der Waals surface area contributed by atoms with Crippen molar-refractivity contribution in [2.75, 3.05) is 19.7 Å². The van der Waals surface area contributed by atoms with Gasteiger partial charge in [0.1, 0.15) is 0 Å². The largest absolute Gasteiger partial charge is 0.452 e. The van der Waals surface area contributed by atoms with Crippen LogP contribution in [0.3, 0.4) is 0 Å². The lowest BCUT2D eigenvalue weighted by atomic mass is 10.1. The van der Waals surface area contributed by atoms with Crippen molar-refractivity contribution in [3.8, 4) is 0 Å². The second-order valence-electron chi connectivity index (χ2n) is 4.53. The molecule has 0 aromatic heterocycles. The summed E-state index contributed by atoms with van der Waals surface area (Å²) in [5.74, 6) is -0.574. The lowest BCUT2D eigenvalue weighted by Gasteiger charge is -2.26. The van der Waals surface area contributed by atoms with Gasteiger partial charge in [0.25, 0.3) is 5.91 Å². The zero-order chi connectivity index (χ0) is 13.7. The molecule has 0 unspecified atom stereocenters. The molecule has 5 heteroatoms. The van der Waals surface area contributed by atoms with E-state index in [1.807, 2.05) is 6.07 Å². The number of likely N-dealkylation sites (tertiary alicyclic amines) is 1. The van der Waals surface area contributed by atoms with E-state index in [9.17, 15) is 9.59 Å². The van der Waals surface area contributed by atoms with Crippen LogP contribution >= 0.6 is 15.9 Å². The summed E-state index contributed by atoms with van der Waals surface area (Å²) in [6.45, 7) is 1.37. The van der Waals surface area contributed by atoms with Gasteiger partial charge >= 0.3 is 5.97 Å². The van der Waals surface area contributed by atoms with Gasteiger partial charge in [-0.25, -0.2) is 4.79 Å². The number of nitrogens with zero attached hydrogens (tertiary/aromatic N) is 1. The summed E-state index contributed by atoms with van der Waals surface area (Å²) in [4.78, 5) is 25.4. The van der Waals surface area contributed by atoms with E-state index < -0.39 is 5.97 Å². The average molecular weight is 326 g/mol. The third kappa shape index (κ3) is 4.06. The van der Waals surface area contributed by atoms with Crippen molar-refractivity contribution in [2.24, 2.45) is 0 Å². The van der Waals surface area contributed by atoms with Crippen LogP contribution in [0, 0.1) is 0 Å². The monoisotopic (exact) mass is 325 g/mol. The van der Waals surface area contributed by atoms with Crippen LogP contribution in [0.5, 0.6) is 0 Å². The van der Waals surface area contributed by atoms with Gasteiger partial charge in [0, 0.05) is 17.6 Å². The van der Waals surface area contributed by atoms with Crippen molar-refractivity contribution < 1.29 is 14.3 Å². The molecule has 1 aromatic carbocycles. The van der Waals surface area contributed by atoms with E-state index in [4.69, 9.17) is 4.74 Å². The first-order valence-electron chi connectivity index (χ1n) is 6.37. The van der Waals surface area contributed by atoms with Crippen LogP contribution in [0.2, 0.25) is 0 Å². The normalized spacial score (nSPS) is 15.1. The molecule has 2 rings (SSSR count). The Kier molecular flexibility index (Phi) is 4.96. The molecular formula is C14H16BrNO3. The molecule has 0 spiro atoms. The van der Waals surface area contributed by atoms with Gasteiger partial charge in [-0.1, -0.05) is 22.0 Å². The molecule has 1 aliphatic rings. The summed E-state index contributed by atoms with van der Waals surface area (Å²) in [5.41, 5.74) is 0.445. The highest BCUT2D eigenvalue weighted by molar-refractivity contribution is 9.10. The molecule has 1 saturated heterocycles. The summed E-state index contributed by atoms with van der Waals surface area (Å²) in [6.07, 6.45) is 3.23. The van der Waals surface area contributed by atoms with E-state index in [-0.39, 0.29) is 12.5 Å². The van der Waals surface area contributed by atoms with Gasteiger partial charge in [-0.15, -0.1) is 0 Å². The van der Waals surface area contributed by atoms with Gasteiger partial charge < -0.3 is 9.64 Å². The van der Waals surface area contributed by atoms with Crippen molar-refractivity contribution in [3.63, 3.8) is 0 Å². The smallest absolute Gasteiger partial charge is 0.338 e. The first kappa shape index (κ1) is 14.1. The number of ether oxygens (including phenoxy) is 1. The van der Waals surface area contributed by atoms with Crippen LogP contribution in [0.15, 0.2) is 28.7 Å². The second-order valence-corrected chi connectivity index (χ2v) is 5.44. The highest BCUT2D eigenvalue weighted by Crippen LogP contribution is 2.13. The Bertz CT molecular complexity index is 470. The zero-order valence-corrected chi connectivity index (χ0v) is 12.2. The predicted molar refractivity (Wildman–Crippen MR) is 74.9 cm³/mol. The second kappa shape index (κ2) is 6.70. The Morgan fingerprint density at radius 1 is 1.21 bits per heavy atom. The fraction of sp³-hybridized carbons (Fsp3) is 0.429. The van der Waals surface area contributed by atoms with E-state index in [2.05, 4.69) is 15.9 Å². The number of halogens is 1. The summed E-state index contributed by atoms with van der Waals surface area (Å²) in [6, 6.07) is 6.93. The molecule has 0 radical (unpaired) electrons. The molecule has 0 aliphatic carbocycles. The fourth-order valence-corrected chi connectivity index (χ4v) is 2.46. The van der Waals surface area contributed by atoms with E-state index in [0.717, 1.165) is 30.4 Å². The van der Waals surface area contributed by atoms with Gasteiger partial charge in [-0.2, -0.15) is 0 Å². The number of carbonyl (C=O) groups is 2. The van der Waals surface area contributed by atoms with Crippen LogP contribution in [0.1, 0.15) is 29.6 Å². The minimum absolute atomic E-state index is 0.108. The van der Waals surface area contributed by atoms with E-state index in [0.29, 0.717) is 5.56 Å². The van der Waals surface area contributed by atoms with Crippen molar-refractivity contribution in [3.05, 3.63) is 34.3 Å². The Morgan fingerprint density at radius 2 is 1.95 bits per heavy atom. The number of rotatable bonds is 3. The number of amides is 1. The van der Waals surface area contributed by atoms with Gasteiger partial charge in [-0.3, -0.25) is 4.79 Å². The molecule has 102 valence electrons. The lowest BCUT2D eigenvalue weighted by Crippen LogP contribution is -2.38. The van der Waals surface area contributed by atoms with Crippen molar-refractivity contribution >= 4 is 27.8 Å². The van der Waals surface area contributed by atoms with Crippen molar-refractivity contribution in [2.45, 2.75) is 19.3 Å². The lowest BCUT2D eigenvalue weighted by molar-refractivity contribution is -0.135. The number of hydrogen-bond donors (Lipinski definition) is 0. The van der Waals surface area contributed by atoms with E-state index in [1.54, 1.807) is 23.1 Å². The minimum Gasteiger partial charge on any atom is -0.452 e. The van der Waals surface area contributed by atoms with Crippen LogP contribution < -0.4 is 0 Å². The quantitative estimate of drug-likeness (QED) is 0.802. The first-order valence-corrected chi connectivity index (χ1v) is 7.16. The third-order valence-electron chi connectivity index (χ3n) is 3.10. The van der Waals surface area contributed by atoms with Gasteiger partial charge in [-0.05, 0) is 37.5 Å². The molecule has 1 amide bonds. The molecule has 0 N–H and O–H groups in total. The van der Waals surface area contributed by atoms with Gasteiger partial charge in [0.05, 0.1) is 5.56 Å². The molecule has 1 fully saturated rings. The number of carbonyl (C=O) groups excluding carboxylic acids is 2. The number of hydrogen-bond acceptors (Lipinski definition) is 3. The zero-order valence-electron chi connectivity index (χ0n) is 10.6. The van der Waals surface area contributed by atoms with Crippen LogP contribution in [0.25, 0.3) is 0 Å². The summed E-state index contributed by atoms with van der Waals surface area (Å²) in [5, 5.41) is 0. The number of esters is 1. The molecule has 1 aromatic rings. The fourth-order valence-electron chi connectivity index (χ4n) is 2.06. The Morgan fingerprint density at radius 3 is 2.63 bits per heavy atom. The SMILES string of the molecule is O=C(OCC(=O)N1CCCCC1)c1cccc(Br)c1. The van der Waals surface area contributed by atoms with E-state index in [1.165, 1.54) is 6.42 Å². The van der Waals surface area contributed by atoms with Crippen LogP contribution in [-0.2, 0) is 9.53 Å².